The molecule has 0 bridgehead atoms. The minimum absolute atomic E-state index is 0.155. The predicted octanol–water partition coefficient (Wildman–Crippen LogP) is 2.66. The summed E-state index contributed by atoms with van der Waals surface area (Å²) in [5.41, 5.74) is 2.20. The number of aryl methyl sites for hydroxylation is 1. The second kappa shape index (κ2) is 9.97. The molecule has 7 heteroatoms. The molecule has 2 unspecified atom stereocenters. The minimum atomic E-state index is -2.85. The highest BCUT2D eigenvalue weighted by molar-refractivity contribution is 7.91. The van der Waals surface area contributed by atoms with Gasteiger partial charge in [0.05, 0.1) is 24.2 Å². The Morgan fingerprint density at radius 2 is 2.11 bits per heavy atom. The average molecular weight is 396 g/mol. The molecule has 27 heavy (non-hydrogen) atoms. The molecule has 0 aromatic heterocycles. The Hall–Kier alpha value is -1.76. The Morgan fingerprint density at radius 3 is 2.74 bits per heavy atom. The first kappa shape index (κ1) is 21.5. The predicted molar refractivity (Wildman–Crippen MR) is 111 cm³/mol. The molecule has 1 aromatic rings. The maximum atomic E-state index is 11.6. The highest BCUT2D eigenvalue weighted by Gasteiger charge is 2.27. The van der Waals surface area contributed by atoms with Gasteiger partial charge in [0.2, 0.25) is 0 Å². The van der Waals surface area contributed by atoms with E-state index in [1.807, 2.05) is 6.92 Å². The Bertz CT molecular complexity index is 747. The third kappa shape index (κ3) is 7.05. The van der Waals surface area contributed by atoms with Crippen LogP contribution in [0.15, 0.2) is 23.2 Å². The minimum Gasteiger partial charge on any atom is -0.490 e. The van der Waals surface area contributed by atoms with Crippen molar-refractivity contribution in [1.82, 2.24) is 10.6 Å². The summed E-state index contributed by atoms with van der Waals surface area (Å²) in [6.07, 6.45) is 1.83. The maximum absolute atomic E-state index is 11.6. The van der Waals surface area contributed by atoms with Gasteiger partial charge in [-0.15, -0.1) is 0 Å². The van der Waals surface area contributed by atoms with Gasteiger partial charge in [0.1, 0.15) is 5.75 Å². The lowest BCUT2D eigenvalue weighted by Crippen LogP contribution is -2.40. The number of benzene rings is 1. The monoisotopic (exact) mass is 395 g/mol. The van der Waals surface area contributed by atoms with Gasteiger partial charge >= 0.3 is 0 Å². The van der Waals surface area contributed by atoms with E-state index in [1.54, 1.807) is 0 Å². The van der Waals surface area contributed by atoms with Crippen LogP contribution in [-0.2, 0) is 16.4 Å². The Labute approximate surface area is 163 Å². The molecule has 0 radical (unpaired) electrons. The number of sulfone groups is 1. The third-order valence-corrected chi connectivity index (χ3v) is 6.60. The molecule has 1 heterocycles. The van der Waals surface area contributed by atoms with Crippen LogP contribution in [0.25, 0.3) is 0 Å². The van der Waals surface area contributed by atoms with Crippen molar-refractivity contribution >= 4 is 15.8 Å². The average Bonchev–Trinajstić information content (AvgIpc) is 2.97. The van der Waals surface area contributed by atoms with Gasteiger partial charge in [-0.25, -0.2) is 13.4 Å². The van der Waals surface area contributed by atoms with Crippen molar-refractivity contribution in [3.8, 4) is 5.75 Å². The number of ether oxygens (including phenoxy) is 1. The van der Waals surface area contributed by atoms with Gasteiger partial charge < -0.3 is 15.4 Å². The van der Waals surface area contributed by atoms with Crippen LogP contribution < -0.4 is 15.4 Å². The summed E-state index contributed by atoms with van der Waals surface area (Å²) < 4.78 is 29.3. The van der Waals surface area contributed by atoms with Crippen molar-refractivity contribution in [2.24, 2.45) is 10.9 Å². The quantitative estimate of drug-likeness (QED) is 0.523. The molecular weight excluding hydrogens is 362 g/mol. The molecule has 1 aliphatic heterocycles. The van der Waals surface area contributed by atoms with Gasteiger partial charge in [0.25, 0.3) is 0 Å². The highest BCUT2D eigenvalue weighted by Crippen LogP contribution is 2.23. The van der Waals surface area contributed by atoms with E-state index in [0.29, 0.717) is 24.8 Å². The van der Waals surface area contributed by atoms with Crippen LogP contribution in [0.2, 0.25) is 0 Å². The molecule has 1 aromatic carbocycles. The van der Waals surface area contributed by atoms with Crippen LogP contribution in [-0.4, -0.2) is 45.1 Å². The molecule has 152 valence electrons. The van der Waals surface area contributed by atoms with E-state index in [0.717, 1.165) is 36.3 Å². The van der Waals surface area contributed by atoms with E-state index < -0.39 is 9.84 Å². The molecule has 0 saturated carbocycles. The largest absolute Gasteiger partial charge is 0.490 e. The summed E-state index contributed by atoms with van der Waals surface area (Å²) in [6.45, 7) is 10.1. The zero-order chi connectivity index (χ0) is 19.9. The molecule has 1 fully saturated rings. The van der Waals surface area contributed by atoms with Gasteiger partial charge in [0.15, 0.2) is 15.8 Å². The molecule has 2 rings (SSSR count). The lowest BCUT2D eigenvalue weighted by atomic mass is 10.1. The fourth-order valence-electron chi connectivity index (χ4n) is 2.98. The summed E-state index contributed by atoms with van der Waals surface area (Å²) in [7, 11) is -2.85. The fourth-order valence-corrected chi connectivity index (χ4v) is 4.84. The Balaban J connectivity index is 2.03. The van der Waals surface area contributed by atoms with Crippen LogP contribution in [0.1, 0.15) is 44.7 Å². The number of guanidine groups is 1. The van der Waals surface area contributed by atoms with Gasteiger partial charge in [0, 0.05) is 18.7 Å². The molecule has 6 nitrogen and oxygen atoms in total. The summed E-state index contributed by atoms with van der Waals surface area (Å²) in [6, 6.07) is 6.18. The molecular formula is C20H33N3O3S. The summed E-state index contributed by atoms with van der Waals surface area (Å²) in [5, 5.41) is 6.52. The smallest absolute Gasteiger partial charge is 0.191 e. The van der Waals surface area contributed by atoms with E-state index in [-0.39, 0.29) is 17.8 Å². The summed E-state index contributed by atoms with van der Waals surface area (Å²) in [4.78, 5) is 4.67. The summed E-state index contributed by atoms with van der Waals surface area (Å²) >= 11 is 0. The summed E-state index contributed by atoms with van der Waals surface area (Å²) in [5.74, 6) is 2.31. The first-order valence-corrected chi connectivity index (χ1v) is 11.6. The number of aliphatic imine (C=N–C) groups is 1. The van der Waals surface area contributed by atoms with Crippen molar-refractivity contribution in [2.45, 2.75) is 53.2 Å². The molecule has 2 atom stereocenters. The van der Waals surface area contributed by atoms with Crippen molar-refractivity contribution in [3.63, 3.8) is 0 Å². The number of hydrogen-bond donors (Lipinski definition) is 2. The van der Waals surface area contributed by atoms with Gasteiger partial charge in [-0.2, -0.15) is 0 Å². The van der Waals surface area contributed by atoms with Crippen LogP contribution in [0.3, 0.4) is 0 Å². The number of rotatable bonds is 8. The lowest BCUT2D eigenvalue weighted by Gasteiger charge is -2.17. The number of nitrogens with zero attached hydrogens (tertiary/aromatic N) is 1. The van der Waals surface area contributed by atoms with E-state index >= 15 is 0 Å². The third-order valence-electron chi connectivity index (χ3n) is 4.76. The van der Waals surface area contributed by atoms with Crippen LogP contribution in [0.4, 0.5) is 0 Å². The second-order valence-corrected chi connectivity index (χ2v) is 9.52. The fraction of sp³-hybridized carbons (Fsp3) is 0.650. The van der Waals surface area contributed by atoms with Crippen molar-refractivity contribution < 1.29 is 13.2 Å². The van der Waals surface area contributed by atoms with Crippen molar-refractivity contribution in [2.75, 3.05) is 24.6 Å². The van der Waals surface area contributed by atoms with Crippen LogP contribution in [0, 0.1) is 12.8 Å². The van der Waals surface area contributed by atoms with E-state index in [4.69, 9.17) is 4.74 Å². The number of hydrogen-bond acceptors (Lipinski definition) is 4. The molecule has 2 N–H and O–H groups in total. The van der Waals surface area contributed by atoms with E-state index in [1.165, 1.54) is 0 Å². The van der Waals surface area contributed by atoms with Crippen LogP contribution in [0.5, 0.6) is 5.75 Å². The van der Waals surface area contributed by atoms with Crippen molar-refractivity contribution in [3.05, 3.63) is 29.3 Å². The molecule has 0 spiro atoms. The van der Waals surface area contributed by atoms with E-state index in [2.05, 4.69) is 54.6 Å². The molecule has 0 aliphatic carbocycles. The molecule has 0 amide bonds. The normalized spacial score (nSPS) is 20.3. The van der Waals surface area contributed by atoms with Gasteiger partial charge in [-0.05, 0) is 51.2 Å². The first-order chi connectivity index (χ1) is 12.8. The number of nitrogens with one attached hydrogen (secondary N) is 2. The van der Waals surface area contributed by atoms with E-state index in [9.17, 15) is 8.42 Å². The van der Waals surface area contributed by atoms with Crippen molar-refractivity contribution in [1.29, 1.82) is 0 Å². The van der Waals surface area contributed by atoms with Gasteiger partial charge in [-0.1, -0.05) is 19.1 Å². The Kier molecular flexibility index (Phi) is 7.95. The standard InChI is InChI=1S/C20H33N3O3S/c1-5-16(4)26-19-11-15(3)7-8-18(19)13-23-20(21-6-2)22-12-17-9-10-27(24,25)14-17/h7-8,11,16-17H,5-6,9-10,12-14H2,1-4H3,(H2,21,22,23). The first-order valence-electron chi connectivity index (χ1n) is 9.81. The SMILES string of the molecule is CCNC(=NCc1ccc(C)cc1OC(C)CC)NCC1CCS(=O)(=O)C1. The molecule has 1 aliphatic rings. The maximum Gasteiger partial charge on any atom is 0.191 e. The lowest BCUT2D eigenvalue weighted by molar-refractivity contribution is 0.215. The Morgan fingerprint density at radius 1 is 1.33 bits per heavy atom. The zero-order valence-electron chi connectivity index (χ0n) is 16.9. The second-order valence-electron chi connectivity index (χ2n) is 7.29. The topological polar surface area (TPSA) is 79.8 Å². The highest BCUT2D eigenvalue weighted by atomic mass is 32.2. The zero-order valence-corrected chi connectivity index (χ0v) is 17.7. The molecule has 1 saturated heterocycles. The van der Waals surface area contributed by atoms with Gasteiger partial charge in [-0.3, -0.25) is 0 Å². The van der Waals surface area contributed by atoms with Crippen LogP contribution >= 0.6 is 0 Å².